The summed E-state index contributed by atoms with van der Waals surface area (Å²) in [5.74, 6) is 0.840. The largest absolute Gasteiger partial charge is 0.733 e. The number of fused-ring (bicyclic) bond motifs is 3. The predicted octanol–water partition coefficient (Wildman–Crippen LogP) is 3.03. The summed E-state index contributed by atoms with van der Waals surface area (Å²) in [5, 5.41) is 19.9. The van der Waals surface area contributed by atoms with Crippen LogP contribution in [-0.2, 0) is 14.3 Å². The molecule has 0 amide bonds. The van der Waals surface area contributed by atoms with E-state index in [9.17, 15) is 10.0 Å². The van der Waals surface area contributed by atoms with E-state index >= 15 is 0 Å². The molecule has 2 aliphatic carbocycles. The summed E-state index contributed by atoms with van der Waals surface area (Å²) in [6.07, 6.45) is 5.76. The molecule has 3 aliphatic heterocycles. The molecule has 2 saturated carbocycles. The number of rotatable bonds is 4. The lowest BCUT2D eigenvalue weighted by atomic mass is 9.53. The Balaban J connectivity index is 1.09. The van der Waals surface area contributed by atoms with Crippen molar-refractivity contribution < 1.29 is 19.5 Å². The number of benzene rings is 1. The average Bonchev–Trinajstić information content (AvgIpc) is 3.51. The first-order valence-electron chi connectivity index (χ1n) is 12.4. The number of piperazine rings is 1. The minimum atomic E-state index is -0.117. The van der Waals surface area contributed by atoms with Crippen LogP contribution in [0.25, 0.3) is 0 Å². The van der Waals surface area contributed by atoms with Gasteiger partial charge in [0.15, 0.2) is 0 Å². The van der Waals surface area contributed by atoms with Crippen molar-refractivity contribution in [1.82, 2.24) is 4.90 Å². The summed E-state index contributed by atoms with van der Waals surface area (Å²) in [5.41, 5.74) is 1.60. The van der Waals surface area contributed by atoms with Gasteiger partial charge in [-0.15, -0.1) is 0 Å². The van der Waals surface area contributed by atoms with E-state index in [2.05, 4.69) is 16.7 Å². The molecule has 8 nitrogen and oxygen atoms in total. The fraction of sp³-hybridized carbons (Fsp3) is 0.720. The van der Waals surface area contributed by atoms with Crippen LogP contribution in [0.3, 0.4) is 0 Å². The fourth-order valence-electron chi connectivity index (χ4n) is 7.42. The van der Waals surface area contributed by atoms with Crippen LogP contribution in [0.1, 0.15) is 39.0 Å². The third kappa shape index (κ3) is 3.71. The number of nitrogens with zero attached hydrogens (tertiary/aromatic N) is 3. The molecular formula is C25H34N3O5-. The first-order chi connectivity index (χ1) is 15.9. The van der Waals surface area contributed by atoms with Gasteiger partial charge < -0.3 is 24.8 Å². The summed E-state index contributed by atoms with van der Waals surface area (Å²) in [6.45, 7) is 7.60. The van der Waals surface area contributed by atoms with Crippen LogP contribution in [0.5, 0.6) is 0 Å². The number of ether oxygens (including phenoxy) is 2. The molecule has 1 spiro atoms. The van der Waals surface area contributed by atoms with E-state index in [4.69, 9.17) is 14.7 Å². The number of carbonyl (C=O) groups is 1. The highest BCUT2D eigenvalue weighted by atomic mass is 16.8. The molecule has 0 bridgehead atoms. The van der Waals surface area contributed by atoms with Crippen LogP contribution >= 0.6 is 0 Å². The first kappa shape index (κ1) is 21.6. The minimum Gasteiger partial charge on any atom is -0.733 e. The van der Waals surface area contributed by atoms with Crippen molar-refractivity contribution in [3.63, 3.8) is 0 Å². The quantitative estimate of drug-likeness (QED) is 0.420. The standard InChI is InChI=1S/C25H34N3O5/c1-24-7-2-8-25(16-32-25)22(24)13-19-20(23(29)33-21(19)14-24)15-26-9-11-27(12-10-26)17-3-5-18(6-4-17)28(30)31/h3-6,19-22,30H,2,7-16H2,1H3/q-1/t19-,20-,21+,22-,24+,25-/m0/s1. The van der Waals surface area contributed by atoms with E-state index in [0.717, 1.165) is 57.9 Å². The Morgan fingerprint density at radius 2 is 1.91 bits per heavy atom. The van der Waals surface area contributed by atoms with Gasteiger partial charge in [-0.1, -0.05) is 6.92 Å². The van der Waals surface area contributed by atoms with Crippen LogP contribution < -0.4 is 10.1 Å². The molecule has 0 unspecified atom stereocenters. The summed E-state index contributed by atoms with van der Waals surface area (Å²) in [4.78, 5) is 17.6. The molecule has 0 aromatic heterocycles. The Labute approximate surface area is 195 Å². The zero-order valence-electron chi connectivity index (χ0n) is 19.3. The Morgan fingerprint density at radius 3 is 2.58 bits per heavy atom. The molecule has 33 heavy (non-hydrogen) atoms. The first-order valence-corrected chi connectivity index (χ1v) is 12.4. The number of anilines is 2. The van der Waals surface area contributed by atoms with E-state index in [1.807, 2.05) is 12.1 Å². The van der Waals surface area contributed by atoms with Gasteiger partial charge in [0.2, 0.25) is 0 Å². The Morgan fingerprint density at radius 1 is 1.18 bits per heavy atom. The van der Waals surface area contributed by atoms with Crippen molar-refractivity contribution in [2.24, 2.45) is 23.2 Å². The number of epoxide rings is 1. The van der Waals surface area contributed by atoms with Crippen LogP contribution in [0.4, 0.5) is 11.4 Å². The molecule has 8 heteroatoms. The molecule has 1 N–H and O–H groups in total. The molecule has 3 heterocycles. The second kappa shape index (κ2) is 7.83. The average molecular weight is 457 g/mol. The Kier molecular flexibility index (Phi) is 5.14. The summed E-state index contributed by atoms with van der Waals surface area (Å²) >= 11 is 0. The second-order valence-corrected chi connectivity index (χ2v) is 11.2. The van der Waals surface area contributed by atoms with Crippen molar-refractivity contribution >= 4 is 17.3 Å². The van der Waals surface area contributed by atoms with Gasteiger partial charge in [-0.05, 0) is 67.7 Å². The third-order valence-electron chi connectivity index (χ3n) is 9.34. The van der Waals surface area contributed by atoms with Crippen LogP contribution in [0.2, 0.25) is 0 Å². The van der Waals surface area contributed by atoms with Gasteiger partial charge >= 0.3 is 5.97 Å². The molecule has 180 valence electrons. The van der Waals surface area contributed by atoms with Gasteiger partial charge in [0.25, 0.3) is 0 Å². The van der Waals surface area contributed by atoms with E-state index in [0.29, 0.717) is 11.8 Å². The maximum atomic E-state index is 12.9. The molecule has 3 saturated heterocycles. The molecule has 5 fully saturated rings. The molecule has 1 aromatic rings. The zero-order chi connectivity index (χ0) is 22.8. The number of hydrogen-bond donors (Lipinski definition) is 1. The van der Waals surface area contributed by atoms with Crippen molar-refractivity contribution in [1.29, 1.82) is 0 Å². The lowest BCUT2D eigenvalue weighted by Crippen LogP contribution is -2.52. The van der Waals surface area contributed by atoms with Crippen molar-refractivity contribution in [3.05, 3.63) is 29.5 Å². The van der Waals surface area contributed by atoms with Gasteiger partial charge in [0.1, 0.15) is 6.10 Å². The van der Waals surface area contributed by atoms with Crippen molar-refractivity contribution in [2.45, 2.75) is 50.7 Å². The smallest absolute Gasteiger partial charge is 0.310 e. The van der Waals surface area contributed by atoms with Crippen LogP contribution in [-0.4, -0.2) is 67.1 Å². The molecule has 1 aromatic carbocycles. The summed E-state index contributed by atoms with van der Waals surface area (Å²) < 4.78 is 12.0. The van der Waals surface area contributed by atoms with E-state index in [1.54, 1.807) is 12.1 Å². The van der Waals surface area contributed by atoms with Gasteiger partial charge in [-0.2, -0.15) is 0 Å². The highest BCUT2D eigenvalue weighted by Gasteiger charge is 2.65. The normalized spacial score (nSPS) is 40.3. The van der Waals surface area contributed by atoms with Gasteiger partial charge in [-0.25, -0.2) is 0 Å². The third-order valence-corrected chi connectivity index (χ3v) is 9.34. The van der Waals surface area contributed by atoms with Crippen LogP contribution in [0.15, 0.2) is 24.3 Å². The second-order valence-electron chi connectivity index (χ2n) is 11.2. The van der Waals surface area contributed by atoms with Crippen LogP contribution in [0, 0.1) is 28.4 Å². The molecular weight excluding hydrogens is 422 g/mol. The Hall–Kier alpha value is -1.87. The predicted molar refractivity (Wildman–Crippen MR) is 123 cm³/mol. The number of esters is 1. The lowest BCUT2D eigenvalue weighted by Gasteiger charge is -2.51. The van der Waals surface area contributed by atoms with Gasteiger partial charge in [0.05, 0.1) is 23.8 Å². The topological polar surface area (TPSA) is 91.8 Å². The monoisotopic (exact) mass is 456 g/mol. The van der Waals surface area contributed by atoms with E-state index < -0.39 is 0 Å². The minimum absolute atomic E-state index is 0.00204. The maximum absolute atomic E-state index is 12.9. The zero-order valence-corrected chi connectivity index (χ0v) is 19.3. The lowest BCUT2D eigenvalue weighted by molar-refractivity contribution is -0.147. The number of carbonyl (C=O) groups excluding carboxylic acids is 1. The van der Waals surface area contributed by atoms with E-state index in [-0.39, 0.29) is 39.9 Å². The maximum Gasteiger partial charge on any atom is 0.310 e. The fourth-order valence-corrected chi connectivity index (χ4v) is 7.42. The summed E-state index contributed by atoms with van der Waals surface area (Å²) in [6, 6.07) is 6.98. The van der Waals surface area contributed by atoms with Gasteiger partial charge in [-0.3, -0.25) is 14.9 Å². The molecule has 0 radical (unpaired) electrons. The highest BCUT2D eigenvalue weighted by Crippen LogP contribution is 2.62. The number of hydrogen-bond acceptors (Lipinski definition) is 8. The van der Waals surface area contributed by atoms with Crippen molar-refractivity contribution in [3.8, 4) is 0 Å². The Bertz CT molecular complexity index is 896. The highest BCUT2D eigenvalue weighted by molar-refractivity contribution is 5.75. The summed E-state index contributed by atoms with van der Waals surface area (Å²) in [7, 11) is 0. The molecule has 6 atom stereocenters. The van der Waals surface area contributed by atoms with E-state index in [1.165, 1.54) is 19.3 Å². The van der Waals surface area contributed by atoms with Gasteiger partial charge in [0, 0.05) is 44.3 Å². The molecule has 6 rings (SSSR count). The SMILES string of the molecule is C[C@]12CCC[C@]3(CO3)[C@H]1C[C@H]1[C@H](CN3CCN(c4ccc(N([O-])O)cc4)CC3)C(=O)O[C@@H]1C2. The molecule has 5 aliphatic rings. The van der Waals surface area contributed by atoms with Crippen molar-refractivity contribution in [2.75, 3.05) is 49.5 Å².